The van der Waals surface area contributed by atoms with Gasteiger partial charge in [-0.15, -0.1) is 0 Å². The number of piperazine rings is 1. The van der Waals surface area contributed by atoms with Crippen molar-refractivity contribution in [2.24, 2.45) is 7.05 Å². The molecule has 1 saturated heterocycles. The van der Waals surface area contributed by atoms with Crippen molar-refractivity contribution in [3.05, 3.63) is 42.6 Å². The summed E-state index contributed by atoms with van der Waals surface area (Å²) in [7, 11) is 1.86. The van der Waals surface area contributed by atoms with Crippen molar-refractivity contribution in [2.75, 3.05) is 42.5 Å². The second-order valence-corrected chi connectivity index (χ2v) is 7.77. The van der Waals surface area contributed by atoms with Crippen LogP contribution in [0.4, 0.5) is 15.9 Å². The van der Waals surface area contributed by atoms with Crippen molar-refractivity contribution in [3.63, 3.8) is 0 Å². The van der Waals surface area contributed by atoms with Crippen LogP contribution in [0.2, 0.25) is 0 Å². The molecule has 158 valence electrons. The van der Waals surface area contributed by atoms with E-state index in [0.29, 0.717) is 26.2 Å². The second-order valence-electron chi connectivity index (χ2n) is 7.77. The molecule has 3 aromatic rings. The lowest BCUT2D eigenvalue weighted by atomic mass is 10.2. The zero-order chi connectivity index (χ0) is 21.3. The third-order valence-corrected chi connectivity index (χ3v) is 5.53. The third kappa shape index (κ3) is 3.92. The summed E-state index contributed by atoms with van der Waals surface area (Å²) in [5.74, 6) is 0.648. The number of hydrogen-bond donors (Lipinski definition) is 0. The first-order valence-electron chi connectivity index (χ1n) is 10.1. The van der Waals surface area contributed by atoms with Crippen LogP contribution in [0.25, 0.3) is 11.0 Å². The molecule has 0 atom stereocenters. The van der Waals surface area contributed by atoms with Gasteiger partial charge in [-0.1, -0.05) is 0 Å². The number of benzene rings is 1. The zero-order valence-electron chi connectivity index (χ0n) is 17.5. The third-order valence-electron chi connectivity index (χ3n) is 5.53. The molecule has 0 radical (unpaired) electrons. The van der Waals surface area contributed by atoms with E-state index >= 15 is 0 Å². The smallest absolute Gasteiger partial charge is 0.242 e. The minimum absolute atomic E-state index is 0.0712. The zero-order valence-corrected chi connectivity index (χ0v) is 17.5. The Morgan fingerprint density at radius 2 is 1.83 bits per heavy atom. The Bertz CT molecular complexity index is 1030. The van der Waals surface area contributed by atoms with E-state index in [2.05, 4.69) is 20.0 Å². The maximum Gasteiger partial charge on any atom is 0.242 e. The molecule has 2 aromatic heterocycles. The Morgan fingerprint density at radius 3 is 2.50 bits per heavy atom. The fourth-order valence-electron chi connectivity index (χ4n) is 3.82. The number of anilines is 2. The number of rotatable bonds is 5. The van der Waals surface area contributed by atoms with Gasteiger partial charge in [0.05, 0.1) is 18.1 Å². The van der Waals surface area contributed by atoms with Gasteiger partial charge < -0.3 is 14.7 Å². The normalized spacial score (nSPS) is 14.6. The molecular weight excluding hydrogens is 385 g/mol. The highest BCUT2D eigenvalue weighted by atomic mass is 19.1. The van der Waals surface area contributed by atoms with E-state index in [9.17, 15) is 9.18 Å². The van der Waals surface area contributed by atoms with E-state index in [0.717, 1.165) is 22.5 Å². The molecular formula is C21H26FN7O. The maximum absolute atomic E-state index is 13.3. The average molecular weight is 411 g/mol. The minimum Gasteiger partial charge on any atom is -0.360 e. The number of carbonyl (C=O) groups excluding carboxylic acids is 1. The van der Waals surface area contributed by atoms with Crippen molar-refractivity contribution in [3.8, 4) is 0 Å². The van der Waals surface area contributed by atoms with Gasteiger partial charge in [-0.25, -0.2) is 14.4 Å². The largest absolute Gasteiger partial charge is 0.360 e. The molecule has 0 unspecified atom stereocenters. The van der Waals surface area contributed by atoms with Gasteiger partial charge in [-0.2, -0.15) is 5.10 Å². The van der Waals surface area contributed by atoms with Gasteiger partial charge in [-0.05, 0) is 38.1 Å². The van der Waals surface area contributed by atoms with Crippen LogP contribution in [-0.4, -0.2) is 69.3 Å². The molecule has 1 aliphatic rings. The molecule has 30 heavy (non-hydrogen) atoms. The molecule has 1 aliphatic heterocycles. The molecule has 1 amide bonds. The highest BCUT2D eigenvalue weighted by Crippen LogP contribution is 2.23. The quantitative estimate of drug-likeness (QED) is 0.640. The Morgan fingerprint density at radius 1 is 1.13 bits per heavy atom. The van der Waals surface area contributed by atoms with E-state index in [1.54, 1.807) is 29.3 Å². The minimum atomic E-state index is -0.280. The van der Waals surface area contributed by atoms with Gasteiger partial charge in [0, 0.05) is 45.0 Å². The van der Waals surface area contributed by atoms with Crippen LogP contribution >= 0.6 is 0 Å². The molecule has 0 aliphatic carbocycles. The van der Waals surface area contributed by atoms with E-state index in [4.69, 9.17) is 0 Å². The number of fused-ring (bicyclic) bond motifs is 1. The number of aryl methyl sites for hydroxylation is 1. The molecule has 1 fully saturated rings. The number of amides is 1. The van der Waals surface area contributed by atoms with Crippen LogP contribution in [-0.2, 0) is 11.8 Å². The van der Waals surface area contributed by atoms with Gasteiger partial charge in [-0.3, -0.25) is 9.48 Å². The Kier molecular flexibility index (Phi) is 5.52. The number of nitrogens with zero attached hydrogens (tertiary/aromatic N) is 7. The van der Waals surface area contributed by atoms with Crippen LogP contribution < -0.4 is 9.80 Å². The summed E-state index contributed by atoms with van der Waals surface area (Å²) in [6.07, 6.45) is 3.34. The average Bonchev–Trinajstić information content (AvgIpc) is 3.13. The second kappa shape index (κ2) is 8.25. The van der Waals surface area contributed by atoms with E-state index < -0.39 is 0 Å². The van der Waals surface area contributed by atoms with E-state index in [1.165, 1.54) is 12.1 Å². The monoisotopic (exact) mass is 411 g/mol. The summed E-state index contributed by atoms with van der Waals surface area (Å²) in [6, 6.07) is 6.41. The predicted molar refractivity (Wildman–Crippen MR) is 114 cm³/mol. The first kappa shape index (κ1) is 20.1. The van der Waals surface area contributed by atoms with Crippen molar-refractivity contribution < 1.29 is 9.18 Å². The number of halogens is 1. The fraction of sp³-hybridized carbons (Fsp3) is 0.429. The molecule has 0 spiro atoms. The topological polar surface area (TPSA) is 70.4 Å². The van der Waals surface area contributed by atoms with Gasteiger partial charge >= 0.3 is 0 Å². The maximum atomic E-state index is 13.3. The summed E-state index contributed by atoms with van der Waals surface area (Å²) >= 11 is 0. The standard InChI is InChI=1S/C21H26FN7O/c1-15(2)29(17-6-4-16(22)5-7-17)13-19(30)27-8-10-28(11-9-27)21-18-12-25-26(3)20(18)23-14-24-21/h4-7,12,14-15H,8-11,13H2,1-3H3. The molecule has 0 N–H and O–H groups in total. The van der Waals surface area contributed by atoms with Gasteiger partial charge in [0.25, 0.3) is 0 Å². The lowest BCUT2D eigenvalue weighted by Gasteiger charge is -2.37. The molecule has 8 nitrogen and oxygen atoms in total. The summed E-state index contributed by atoms with van der Waals surface area (Å²) in [6.45, 7) is 6.98. The van der Waals surface area contributed by atoms with Crippen molar-refractivity contribution in [1.29, 1.82) is 0 Å². The van der Waals surface area contributed by atoms with Gasteiger partial charge in [0.15, 0.2) is 5.65 Å². The molecule has 3 heterocycles. The summed E-state index contributed by atoms with van der Waals surface area (Å²) < 4.78 is 15.0. The summed E-state index contributed by atoms with van der Waals surface area (Å²) in [4.78, 5) is 27.8. The molecule has 4 rings (SSSR count). The van der Waals surface area contributed by atoms with Crippen LogP contribution in [0.1, 0.15) is 13.8 Å². The van der Waals surface area contributed by atoms with Crippen molar-refractivity contribution in [2.45, 2.75) is 19.9 Å². The van der Waals surface area contributed by atoms with Crippen LogP contribution in [0.15, 0.2) is 36.8 Å². The molecule has 0 saturated carbocycles. The van der Waals surface area contributed by atoms with Gasteiger partial charge in [0.1, 0.15) is 18.0 Å². The molecule has 1 aromatic carbocycles. The Balaban J connectivity index is 1.41. The SMILES string of the molecule is CC(C)N(CC(=O)N1CCN(c2ncnc3c2cnn3C)CC1)c1ccc(F)cc1. The summed E-state index contributed by atoms with van der Waals surface area (Å²) in [5.41, 5.74) is 1.64. The first-order chi connectivity index (χ1) is 14.4. The predicted octanol–water partition coefficient (Wildman–Crippen LogP) is 2.07. The number of carbonyl (C=O) groups is 1. The van der Waals surface area contributed by atoms with Crippen LogP contribution in [0, 0.1) is 5.82 Å². The lowest BCUT2D eigenvalue weighted by Crippen LogP contribution is -2.52. The van der Waals surface area contributed by atoms with Gasteiger partial charge in [0.2, 0.25) is 5.91 Å². The van der Waals surface area contributed by atoms with Crippen molar-refractivity contribution >= 4 is 28.4 Å². The van der Waals surface area contributed by atoms with Crippen LogP contribution in [0.5, 0.6) is 0 Å². The first-order valence-corrected chi connectivity index (χ1v) is 10.1. The number of aromatic nitrogens is 4. The molecule has 9 heteroatoms. The molecule has 0 bridgehead atoms. The Hall–Kier alpha value is -3.23. The fourth-order valence-corrected chi connectivity index (χ4v) is 3.82. The lowest BCUT2D eigenvalue weighted by molar-refractivity contribution is -0.130. The highest BCUT2D eigenvalue weighted by Gasteiger charge is 2.25. The van der Waals surface area contributed by atoms with E-state index in [1.807, 2.05) is 30.7 Å². The van der Waals surface area contributed by atoms with E-state index in [-0.39, 0.29) is 24.3 Å². The van der Waals surface area contributed by atoms with Crippen LogP contribution in [0.3, 0.4) is 0 Å². The Labute approximate surface area is 174 Å². The summed E-state index contributed by atoms with van der Waals surface area (Å²) in [5, 5.41) is 5.19. The van der Waals surface area contributed by atoms with Crippen molar-refractivity contribution in [1.82, 2.24) is 24.6 Å². The number of hydrogen-bond acceptors (Lipinski definition) is 6. The highest BCUT2D eigenvalue weighted by molar-refractivity contribution is 5.87.